The van der Waals surface area contributed by atoms with Crippen molar-refractivity contribution < 1.29 is 9.53 Å². The highest BCUT2D eigenvalue weighted by molar-refractivity contribution is 6.06. The van der Waals surface area contributed by atoms with E-state index in [0.29, 0.717) is 26.3 Å². The van der Waals surface area contributed by atoms with Crippen molar-refractivity contribution in [2.45, 2.75) is 0 Å². The predicted molar refractivity (Wildman–Crippen MR) is 68.5 cm³/mol. The van der Waals surface area contributed by atoms with Gasteiger partial charge in [-0.05, 0) is 18.2 Å². The van der Waals surface area contributed by atoms with Crippen molar-refractivity contribution in [3.05, 3.63) is 42.1 Å². The number of fused-ring (bicyclic) bond motifs is 1. The fourth-order valence-electron chi connectivity index (χ4n) is 2.23. The molecular formula is C14H14N2O2. The first kappa shape index (κ1) is 11.2. The summed E-state index contributed by atoms with van der Waals surface area (Å²) in [6.45, 7) is 2.56. The number of carbonyl (C=O) groups is 1. The van der Waals surface area contributed by atoms with Gasteiger partial charge >= 0.3 is 0 Å². The maximum absolute atomic E-state index is 12.5. The molecule has 1 amide bonds. The molecule has 0 atom stereocenters. The molecule has 0 aliphatic carbocycles. The number of morpholine rings is 1. The van der Waals surface area contributed by atoms with Gasteiger partial charge < -0.3 is 9.64 Å². The Morgan fingerprint density at radius 1 is 1.17 bits per heavy atom. The van der Waals surface area contributed by atoms with Crippen LogP contribution < -0.4 is 0 Å². The van der Waals surface area contributed by atoms with Crippen LogP contribution in [0, 0.1) is 0 Å². The van der Waals surface area contributed by atoms with Gasteiger partial charge in [0.1, 0.15) is 0 Å². The minimum absolute atomic E-state index is 0.0666. The number of hydrogen-bond acceptors (Lipinski definition) is 3. The lowest BCUT2D eigenvalue weighted by Gasteiger charge is -2.27. The third kappa shape index (κ3) is 1.95. The van der Waals surface area contributed by atoms with Gasteiger partial charge in [0, 0.05) is 30.2 Å². The maximum atomic E-state index is 12.5. The van der Waals surface area contributed by atoms with Crippen molar-refractivity contribution in [2.24, 2.45) is 0 Å². The van der Waals surface area contributed by atoms with Gasteiger partial charge in [0.25, 0.3) is 5.91 Å². The minimum atomic E-state index is 0.0666. The van der Waals surface area contributed by atoms with Crippen LogP contribution in [0.1, 0.15) is 10.4 Å². The lowest BCUT2D eigenvalue weighted by molar-refractivity contribution is 0.0304. The Bertz CT molecular complexity index is 572. The van der Waals surface area contributed by atoms with E-state index in [2.05, 4.69) is 4.98 Å². The van der Waals surface area contributed by atoms with Crippen molar-refractivity contribution in [3.8, 4) is 0 Å². The number of carbonyl (C=O) groups excluding carboxylic acids is 1. The number of hydrogen-bond donors (Lipinski definition) is 0. The molecule has 1 saturated heterocycles. The van der Waals surface area contributed by atoms with Gasteiger partial charge in [0.15, 0.2) is 0 Å². The number of pyridine rings is 1. The lowest BCUT2D eigenvalue weighted by Crippen LogP contribution is -2.40. The molecule has 18 heavy (non-hydrogen) atoms. The summed E-state index contributed by atoms with van der Waals surface area (Å²) in [5.41, 5.74) is 1.58. The van der Waals surface area contributed by atoms with E-state index in [1.807, 2.05) is 35.2 Å². The molecule has 4 heteroatoms. The number of ether oxygens (including phenoxy) is 1. The van der Waals surface area contributed by atoms with E-state index in [1.54, 1.807) is 6.20 Å². The molecule has 92 valence electrons. The second kappa shape index (κ2) is 4.74. The molecule has 1 aromatic heterocycles. The number of aromatic nitrogens is 1. The first-order chi connectivity index (χ1) is 8.86. The van der Waals surface area contributed by atoms with Gasteiger partial charge in [-0.2, -0.15) is 0 Å². The highest BCUT2D eigenvalue weighted by Crippen LogP contribution is 2.18. The SMILES string of the molecule is O=C(c1cccc2ncccc12)N1CCOCC1. The fraction of sp³-hybridized carbons (Fsp3) is 0.286. The summed E-state index contributed by atoms with van der Waals surface area (Å²) in [5, 5.41) is 0.913. The zero-order chi connectivity index (χ0) is 12.4. The number of rotatable bonds is 1. The van der Waals surface area contributed by atoms with E-state index in [1.165, 1.54) is 0 Å². The Morgan fingerprint density at radius 2 is 2.00 bits per heavy atom. The van der Waals surface area contributed by atoms with Crippen LogP contribution >= 0.6 is 0 Å². The molecule has 1 aromatic carbocycles. The third-order valence-electron chi connectivity index (χ3n) is 3.17. The first-order valence-corrected chi connectivity index (χ1v) is 6.07. The van der Waals surface area contributed by atoms with Crippen molar-refractivity contribution in [3.63, 3.8) is 0 Å². The summed E-state index contributed by atoms with van der Waals surface area (Å²) >= 11 is 0. The first-order valence-electron chi connectivity index (χ1n) is 6.07. The molecule has 0 radical (unpaired) electrons. The molecular weight excluding hydrogens is 228 g/mol. The fourth-order valence-corrected chi connectivity index (χ4v) is 2.23. The predicted octanol–water partition coefficient (Wildman–Crippen LogP) is 1.71. The molecule has 0 N–H and O–H groups in total. The minimum Gasteiger partial charge on any atom is -0.378 e. The Kier molecular flexibility index (Phi) is 2.94. The number of benzene rings is 1. The molecule has 4 nitrogen and oxygen atoms in total. The largest absolute Gasteiger partial charge is 0.378 e. The van der Waals surface area contributed by atoms with Crippen LogP contribution in [-0.4, -0.2) is 42.1 Å². The summed E-state index contributed by atoms with van der Waals surface area (Å²) in [4.78, 5) is 18.6. The van der Waals surface area contributed by atoms with Crippen LogP contribution in [0.5, 0.6) is 0 Å². The molecule has 1 aliphatic heterocycles. The molecule has 1 fully saturated rings. The maximum Gasteiger partial charge on any atom is 0.254 e. The van der Waals surface area contributed by atoms with Crippen molar-refractivity contribution in [1.29, 1.82) is 0 Å². The smallest absolute Gasteiger partial charge is 0.254 e. The van der Waals surface area contributed by atoms with Gasteiger partial charge in [-0.25, -0.2) is 0 Å². The van der Waals surface area contributed by atoms with Crippen LogP contribution in [0.2, 0.25) is 0 Å². The summed E-state index contributed by atoms with van der Waals surface area (Å²) in [7, 11) is 0. The zero-order valence-corrected chi connectivity index (χ0v) is 10.0. The van der Waals surface area contributed by atoms with Gasteiger partial charge in [-0.3, -0.25) is 9.78 Å². The average Bonchev–Trinajstić information content (AvgIpc) is 2.47. The molecule has 0 saturated carbocycles. The third-order valence-corrected chi connectivity index (χ3v) is 3.17. The lowest BCUT2D eigenvalue weighted by atomic mass is 10.1. The highest BCUT2D eigenvalue weighted by Gasteiger charge is 2.20. The number of nitrogens with zero attached hydrogens (tertiary/aromatic N) is 2. The van der Waals surface area contributed by atoms with Crippen LogP contribution in [0.25, 0.3) is 10.9 Å². The Labute approximate surface area is 105 Å². The molecule has 2 aromatic rings. The van der Waals surface area contributed by atoms with E-state index < -0.39 is 0 Å². The molecule has 0 unspecified atom stereocenters. The van der Waals surface area contributed by atoms with Gasteiger partial charge in [0.05, 0.1) is 18.7 Å². The van der Waals surface area contributed by atoms with Crippen molar-refractivity contribution in [2.75, 3.05) is 26.3 Å². The molecule has 0 spiro atoms. The van der Waals surface area contributed by atoms with E-state index in [-0.39, 0.29) is 5.91 Å². The van der Waals surface area contributed by atoms with Gasteiger partial charge in [-0.1, -0.05) is 12.1 Å². The van der Waals surface area contributed by atoms with Crippen LogP contribution in [0.3, 0.4) is 0 Å². The van der Waals surface area contributed by atoms with E-state index in [4.69, 9.17) is 4.74 Å². The normalized spacial score (nSPS) is 15.9. The molecule has 1 aliphatic rings. The molecule has 0 bridgehead atoms. The summed E-state index contributed by atoms with van der Waals surface area (Å²) in [6.07, 6.45) is 1.74. The molecule has 2 heterocycles. The quantitative estimate of drug-likeness (QED) is 0.764. The Hall–Kier alpha value is -1.94. The molecule has 3 rings (SSSR count). The van der Waals surface area contributed by atoms with Crippen molar-refractivity contribution >= 4 is 16.8 Å². The van der Waals surface area contributed by atoms with E-state index in [9.17, 15) is 4.79 Å². The van der Waals surface area contributed by atoms with Crippen LogP contribution in [0.4, 0.5) is 0 Å². The Morgan fingerprint density at radius 3 is 2.83 bits per heavy atom. The Balaban J connectivity index is 2.00. The van der Waals surface area contributed by atoms with Crippen molar-refractivity contribution in [1.82, 2.24) is 9.88 Å². The average molecular weight is 242 g/mol. The second-order valence-corrected chi connectivity index (χ2v) is 4.28. The summed E-state index contributed by atoms with van der Waals surface area (Å²) in [6, 6.07) is 9.46. The summed E-state index contributed by atoms with van der Waals surface area (Å²) in [5.74, 6) is 0.0666. The van der Waals surface area contributed by atoms with Crippen LogP contribution in [-0.2, 0) is 4.74 Å². The van der Waals surface area contributed by atoms with Gasteiger partial charge in [-0.15, -0.1) is 0 Å². The number of amides is 1. The van der Waals surface area contributed by atoms with E-state index in [0.717, 1.165) is 16.5 Å². The zero-order valence-electron chi connectivity index (χ0n) is 10.0. The van der Waals surface area contributed by atoms with E-state index >= 15 is 0 Å². The van der Waals surface area contributed by atoms with Crippen LogP contribution in [0.15, 0.2) is 36.5 Å². The topological polar surface area (TPSA) is 42.4 Å². The second-order valence-electron chi connectivity index (χ2n) is 4.28. The monoisotopic (exact) mass is 242 g/mol. The summed E-state index contributed by atoms with van der Waals surface area (Å²) < 4.78 is 5.27. The highest BCUT2D eigenvalue weighted by atomic mass is 16.5. The van der Waals surface area contributed by atoms with Gasteiger partial charge in [0.2, 0.25) is 0 Å². The standard InChI is InChI=1S/C14H14N2O2/c17-14(16-7-9-18-10-8-16)12-3-1-5-13-11(12)4-2-6-15-13/h1-6H,7-10H2.